The third-order valence-corrected chi connectivity index (χ3v) is 4.44. The van der Waals surface area contributed by atoms with Crippen LogP contribution in [0.25, 0.3) is 0 Å². The highest BCUT2D eigenvalue weighted by Crippen LogP contribution is 2.34. The van der Waals surface area contributed by atoms with Gasteiger partial charge in [-0.2, -0.15) is 15.0 Å². The number of rotatable bonds is 4. The number of anilines is 3. The molecule has 11 heteroatoms. The molecule has 1 aliphatic heterocycles. The van der Waals surface area contributed by atoms with Gasteiger partial charge in [-0.15, -0.1) is 0 Å². The number of hydrogen-bond acceptors (Lipinski definition) is 7. The second-order valence-electron chi connectivity index (χ2n) is 7.79. The van der Waals surface area contributed by atoms with E-state index in [-0.39, 0.29) is 22.8 Å². The van der Waals surface area contributed by atoms with Gasteiger partial charge >= 0.3 is 0 Å². The summed E-state index contributed by atoms with van der Waals surface area (Å²) in [5.41, 5.74) is 0.617. The first-order chi connectivity index (χ1) is 14.5. The van der Waals surface area contributed by atoms with Crippen LogP contribution in [-0.2, 0) is 4.79 Å². The monoisotopic (exact) mass is 488 g/mol. The Kier molecular flexibility index (Phi) is 8.97. The van der Waals surface area contributed by atoms with Crippen LogP contribution in [-0.4, -0.2) is 50.4 Å². The van der Waals surface area contributed by atoms with E-state index in [1.807, 2.05) is 58.9 Å². The molecule has 0 radical (unpaired) electrons. The van der Waals surface area contributed by atoms with Gasteiger partial charge in [-0.05, 0) is 58.4 Å². The van der Waals surface area contributed by atoms with Gasteiger partial charge in [0.1, 0.15) is 12.4 Å². The van der Waals surface area contributed by atoms with Gasteiger partial charge < -0.3 is 20.3 Å². The molecule has 1 atom stereocenters. The number of nitrogens with one attached hydrogen (secondary N) is 2. The SMILES string of the molecule is CC1COc2ccccc2N1C(=O)C(Cl)Cl.CCNc1nc(Cl)nc(NC(C)(C)C)n1. The van der Waals surface area contributed by atoms with E-state index in [4.69, 9.17) is 39.5 Å². The van der Waals surface area contributed by atoms with Crippen LogP contribution in [0.2, 0.25) is 5.28 Å². The van der Waals surface area contributed by atoms with Crippen molar-refractivity contribution >= 4 is 58.3 Å². The average molecular weight is 490 g/mol. The van der Waals surface area contributed by atoms with Crippen molar-refractivity contribution in [2.45, 2.75) is 51.0 Å². The molecule has 0 saturated carbocycles. The van der Waals surface area contributed by atoms with Crippen molar-refractivity contribution in [3.05, 3.63) is 29.5 Å². The summed E-state index contributed by atoms with van der Waals surface area (Å²) in [6.07, 6.45) is 0. The van der Waals surface area contributed by atoms with Gasteiger partial charge in [-0.25, -0.2) is 0 Å². The van der Waals surface area contributed by atoms with E-state index in [1.54, 1.807) is 4.90 Å². The highest BCUT2D eigenvalue weighted by Gasteiger charge is 2.31. The molecular formula is C20H27Cl3N6O2. The number of para-hydroxylation sites is 2. The largest absolute Gasteiger partial charge is 0.489 e. The van der Waals surface area contributed by atoms with Crippen LogP contribution in [0.5, 0.6) is 5.75 Å². The Morgan fingerprint density at radius 3 is 2.48 bits per heavy atom. The van der Waals surface area contributed by atoms with E-state index >= 15 is 0 Å². The van der Waals surface area contributed by atoms with Gasteiger partial charge in [-0.3, -0.25) is 4.79 Å². The van der Waals surface area contributed by atoms with Gasteiger partial charge in [0.05, 0.1) is 11.7 Å². The lowest BCUT2D eigenvalue weighted by atomic mass is 10.1. The summed E-state index contributed by atoms with van der Waals surface area (Å²) in [5.74, 6) is 1.34. The molecule has 1 aromatic carbocycles. The predicted octanol–water partition coefficient (Wildman–Crippen LogP) is 4.77. The minimum Gasteiger partial charge on any atom is -0.489 e. The van der Waals surface area contributed by atoms with Crippen LogP contribution in [0.1, 0.15) is 34.6 Å². The van der Waals surface area contributed by atoms with Gasteiger partial charge in [0, 0.05) is 12.1 Å². The summed E-state index contributed by atoms with van der Waals surface area (Å²) in [6.45, 7) is 11.1. The first-order valence-electron chi connectivity index (χ1n) is 9.78. The van der Waals surface area contributed by atoms with Crippen LogP contribution in [0.15, 0.2) is 24.3 Å². The van der Waals surface area contributed by atoms with Crippen LogP contribution in [0.4, 0.5) is 17.6 Å². The van der Waals surface area contributed by atoms with Crippen molar-refractivity contribution in [2.24, 2.45) is 0 Å². The molecule has 2 aromatic rings. The molecule has 1 aromatic heterocycles. The molecule has 0 fully saturated rings. The van der Waals surface area contributed by atoms with Gasteiger partial charge in [0.15, 0.2) is 4.84 Å². The second-order valence-corrected chi connectivity index (χ2v) is 9.23. The van der Waals surface area contributed by atoms with E-state index in [1.165, 1.54) is 0 Å². The molecule has 0 bridgehead atoms. The standard InChI is InChI=1S/C11H11Cl2NO2.C9H16ClN5/c1-7-6-16-9-5-3-2-4-8(9)14(7)11(15)10(12)13;1-5-11-7-12-6(10)13-8(14-7)15-9(2,3)4/h2-5,7,10H,6H2,1H3;5H2,1-4H3,(H2,11,12,13,14,15). The van der Waals surface area contributed by atoms with Crippen molar-refractivity contribution in [3.63, 3.8) is 0 Å². The molecule has 2 heterocycles. The van der Waals surface area contributed by atoms with Crippen molar-refractivity contribution < 1.29 is 9.53 Å². The number of carbonyl (C=O) groups excluding carboxylic acids is 1. The molecule has 0 saturated heterocycles. The number of ether oxygens (including phenoxy) is 1. The summed E-state index contributed by atoms with van der Waals surface area (Å²) in [5, 5.41) is 6.31. The Labute approximate surface area is 197 Å². The third-order valence-electron chi connectivity index (χ3n) is 3.90. The Hall–Kier alpha value is -2.03. The smallest absolute Gasteiger partial charge is 0.260 e. The Morgan fingerprint density at radius 2 is 1.87 bits per heavy atom. The molecule has 0 aliphatic carbocycles. The maximum absolute atomic E-state index is 11.9. The normalized spacial score (nSPS) is 15.4. The number of amides is 1. The quantitative estimate of drug-likeness (QED) is 0.598. The minimum atomic E-state index is -1.05. The van der Waals surface area contributed by atoms with E-state index in [9.17, 15) is 4.79 Å². The van der Waals surface area contributed by atoms with Crippen LogP contribution >= 0.6 is 34.8 Å². The van der Waals surface area contributed by atoms with E-state index in [0.717, 1.165) is 12.2 Å². The summed E-state index contributed by atoms with van der Waals surface area (Å²) >= 11 is 17.0. The van der Waals surface area contributed by atoms with Gasteiger partial charge in [-0.1, -0.05) is 35.3 Å². The number of aromatic nitrogens is 3. The summed E-state index contributed by atoms with van der Waals surface area (Å²) in [4.78, 5) is 24.5. The molecule has 170 valence electrons. The zero-order valence-electron chi connectivity index (χ0n) is 18.1. The summed E-state index contributed by atoms with van der Waals surface area (Å²) in [7, 11) is 0. The molecule has 1 aliphatic rings. The fraction of sp³-hybridized carbons (Fsp3) is 0.500. The number of hydrogen-bond donors (Lipinski definition) is 2. The number of benzene rings is 1. The minimum absolute atomic E-state index is 0.0672. The van der Waals surface area contributed by atoms with Crippen molar-refractivity contribution in [1.82, 2.24) is 15.0 Å². The first kappa shape index (κ1) is 25.2. The zero-order valence-corrected chi connectivity index (χ0v) is 20.4. The van der Waals surface area contributed by atoms with Gasteiger partial charge in [0.2, 0.25) is 17.2 Å². The molecule has 8 nitrogen and oxygen atoms in total. The third kappa shape index (κ3) is 7.55. The van der Waals surface area contributed by atoms with Crippen LogP contribution in [0, 0.1) is 0 Å². The number of fused-ring (bicyclic) bond motifs is 1. The molecule has 2 N–H and O–H groups in total. The number of carbonyl (C=O) groups is 1. The fourth-order valence-electron chi connectivity index (χ4n) is 2.72. The molecule has 0 spiro atoms. The number of alkyl halides is 2. The highest BCUT2D eigenvalue weighted by molar-refractivity contribution is 6.54. The fourth-order valence-corrected chi connectivity index (χ4v) is 3.09. The molecule has 1 unspecified atom stereocenters. The average Bonchev–Trinajstić information content (AvgIpc) is 2.66. The summed E-state index contributed by atoms with van der Waals surface area (Å²) in [6, 6.07) is 7.27. The molecule has 3 rings (SSSR count). The molecule has 1 amide bonds. The summed E-state index contributed by atoms with van der Waals surface area (Å²) < 4.78 is 5.52. The van der Waals surface area contributed by atoms with Crippen molar-refractivity contribution in [3.8, 4) is 5.75 Å². The van der Waals surface area contributed by atoms with E-state index in [0.29, 0.717) is 24.3 Å². The Balaban J connectivity index is 0.000000221. The lowest BCUT2D eigenvalue weighted by molar-refractivity contribution is -0.117. The van der Waals surface area contributed by atoms with Gasteiger partial charge in [0.25, 0.3) is 5.91 Å². The maximum atomic E-state index is 11.9. The number of nitrogens with zero attached hydrogens (tertiary/aromatic N) is 4. The van der Waals surface area contributed by atoms with Crippen LogP contribution in [0.3, 0.4) is 0 Å². The zero-order chi connectivity index (χ0) is 23.2. The van der Waals surface area contributed by atoms with Crippen molar-refractivity contribution in [1.29, 1.82) is 0 Å². The Morgan fingerprint density at radius 1 is 1.23 bits per heavy atom. The lowest BCUT2D eigenvalue weighted by Gasteiger charge is -2.35. The van der Waals surface area contributed by atoms with E-state index < -0.39 is 4.84 Å². The van der Waals surface area contributed by atoms with Crippen LogP contribution < -0.4 is 20.3 Å². The highest BCUT2D eigenvalue weighted by atomic mass is 35.5. The Bertz CT molecular complexity index is 891. The lowest BCUT2D eigenvalue weighted by Crippen LogP contribution is -2.47. The maximum Gasteiger partial charge on any atom is 0.260 e. The topological polar surface area (TPSA) is 92.3 Å². The van der Waals surface area contributed by atoms with E-state index in [2.05, 4.69) is 25.6 Å². The predicted molar refractivity (Wildman–Crippen MR) is 127 cm³/mol. The molecular weight excluding hydrogens is 463 g/mol. The first-order valence-corrected chi connectivity index (χ1v) is 11.0. The van der Waals surface area contributed by atoms with Crippen molar-refractivity contribution in [2.75, 3.05) is 28.7 Å². The molecule has 31 heavy (non-hydrogen) atoms. The second kappa shape index (κ2) is 11.0. The number of halogens is 3.